The van der Waals surface area contributed by atoms with Crippen LogP contribution in [0, 0.1) is 45.3 Å². The summed E-state index contributed by atoms with van der Waals surface area (Å²) in [5, 5.41) is 40.6. The van der Waals surface area contributed by atoms with Crippen LogP contribution in [-0.2, 0) is 0 Å². The van der Waals surface area contributed by atoms with Gasteiger partial charge in [-0.15, -0.1) is 0 Å². The zero-order chi connectivity index (χ0) is 39.4. The third-order valence-electron chi connectivity index (χ3n) is 10.6. The third-order valence-corrected chi connectivity index (χ3v) is 10.6. The van der Waals surface area contributed by atoms with E-state index in [2.05, 4.69) is 55.2 Å². The minimum absolute atomic E-state index is 0.0270. The van der Waals surface area contributed by atoms with Crippen molar-refractivity contribution in [2.45, 2.75) is 142 Å². The second-order valence-electron chi connectivity index (χ2n) is 14.8. The maximum Gasteiger partial charge on any atom is 0.138 e. The summed E-state index contributed by atoms with van der Waals surface area (Å²) in [7, 11) is 0. The number of unbranched alkanes of at least 4 members (excludes halogenated alkanes) is 18. The molecule has 3 aromatic rings. The van der Waals surface area contributed by atoms with Gasteiger partial charge in [0.05, 0.1) is 0 Å². The van der Waals surface area contributed by atoms with Crippen molar-refractivity contribution in [2.75, 3.05) is 18.0 Å². The molecule has 0 unspecified atom stereocenters. The van der Waals surface area contributed by atoms with Gasteiger partial charge in [0, 0.05) is 29.6 Å². The highest BCUT2D eigenvalue weighted by molar-refractivity contribution is 6.08. The number of rotatable bonds is 26. The van der Waals surface area contributed by atoms with Gasteiger partial charge in [0.1, 0.15) is 35.4 Å². The van der Waals surface area contributed by atoms with E-state index in [1.165, 1.54) is 134 Å². The second kappa shape index (κ2) is 27.5. The molecule has 0 saturated heterocycles. The molecule has 0 aliphatic rings. The van der Waals surface area contributed by atoms with Crippen LogP contribution in [0.25, 0.3) is 16.7 Å². The molecule has 0 aliphatic heterocycles. The Labute approximate surface area is 332 Å². The van der Waals surface area contributed by atoms with Crippen LogP contribution in [0.4, 0.5) is 5.69 Å². The van der Waals surface area contributed by atoms with Crippen LogP contribution in [0.5, 0.6) is 0 Å². The molecule has 0 aromatic heterocycles. The van der Waals surface area contributed by atoms with Gasteiger partial charge in [-0.2, -0.15) is 21.0 Å². The highest BCUT2D eigenvalue weighted by atomic mass is 15.1. The minimum Gasteiger partial charge on any atom is -0.372 e. The molecule has 0 fully saturated rings. The molecule has 288 valence electrons. The van der Waals surface area contributed by atoms with Crippen molar-refractivity contribution in [3.8, 4) is 24.3 Å². The molecule has 0 N–H and O–H groups in total. The summed E-state index contributed by atoms with van der Waals surface area (Å²) in [6, 6.07) is 33.7. The maximum absolute atomic E-state index is 10.2. The van der Waals surface area contributed by atoms with Gasteiger partial charge in [0.25, 0.3) is 0 Å². The van der Waals surface area contributed by atoms with Crippen LogP contribution < -0.4 is 15.3 Å². The molecule has 0 amide bonds. The van der Waals surface area contributed by atoms with E-state index in [1.807, 2.05) is 54.6 Å². The molecule has 5 nitrogen and oxygen atoms in total. The summed E-state index contributed by atoms with van der Waals surface area (Å²) >= 11 is 0. The number of nitriles is 4. The highest BCUT2D eigenvalue weighted by Gasteiger charge is 2.18. The second-order valence-corrected chi connectivity index (χ2v) is 14.8. The molecule has 0 radical (unpaired) electrons. The van der Waals surface area contributed by atoms with Crippen molar-refractivity contribution in [3.63, 3.8) is 0 Å². The van der Waals surface area contributed by atoms with E-state index in [1.54, 1.807) is 12.1 Å². The molecule has 0 bridgehead atoms. The first-order chi connectivity index (χ1) is 27.1. The summed E-state index contributed by atoms with van der Waals surface area (Å²) < 4.78 is 0. The Kier molecular flexibility index (Phi) is 22.1. The fraction of sp³-hybridized carbons (Fsp3) is 0.480. The lowest BCUT2D eigenvalue weighted by Crippen LogP contribution is -2.25. The monoisotopic (exact) mass is 734 g/mol. The van der Waals surface area contributed by atoms with E-state index in [-0.39, 0.29) is 11.1 Å². The van der Waals surface area contributed by atoms with E-state index in [0.717, 1.165) is 35.0 Å². The highest BCUT2D eigenvalue weighted by Crippen LogP contribution is 2.33. The average molecular weight is 734 g/mol. The van der Waals surface area contributed by atoms with Gasteiger partial charge in [-0.05, 0) is 46.9 Å². The van der Waals surface area contributed by atoms with E-state index in [9.17, 15) is 21.0 Å². The summed E-state index contributed by atoms with van der Waals surface area (Å²) in [6.07, 6.45) is 26.4. The lowest BCUT2D eigenvalue weighted by molar-refractivity contribution is 0.543. The smallest absolute Gasteiger partial charge is 0.138 e. The Balaban J connectivity index is 1.88. The van der Waals surface area contributed by atoms with Crippen molar-refractivity contribution in [1.82, 2.24) is 0 Å². The molecule has 0 saturated carbocycles. The number of allylic oxidation sites excluding steroid dienone is 2. The van der Waals surface area contributed by atoms with Crippen LogP contribution in [0.3, 0.4) is 0 Å². The number of hydrogen-bond acceptors (Lipinski definition) is 5. The lowest BCUT2D eigenvalue weighted by Gasteiger charge is -2.26. The van der Waals surface area contributed by atoms with Crippen molar-refractivity contribution in [2.24, 2.45) is 0 Å². The zero-order valence-corrected chi connectivity index (χ0v) is 33.8. The van der Waals surface area contributed by atoms with Gasteiger partial charge in [-0.3, -0.25) is 0 Å². The number of hydrogen-bond donors (Lipinski definition) is 0. The molecule has 0 aliphatic carbocycles. The Hall–Kier alpha value is -5.10. The molecule has 3 aromatic carbocycles. The molecule has 0 spiro atoms. The van der Waals surface area contributed by atoms with E-state index >= 15 is 0 Å². The first kappa shape index (κ1) is 44.3. The van der Waals surface area contributed by atoms with E-state index in [4.69, 9.17) is 0 Å². The predicted octanol–water partition coefficient (Wildman–Crippen LogP) is 12.2. The van der Waals surface area contributed by atoms with Gasteiger partial charge >= 0.3 is 0 Å². The Morgan fingerprint density at radius 2 is 0.855 bits per heavy atom. The lowest BCUT2D eigenvalue weighted by atomic mass is 9.87. The summed E-state index contributed by atoms with van der Waals surface area (Å²) in [6.45, 7) is 6.61. The Morgan fingerprint density at radius 3 is 1.27 bits per heavy atom. The first-order valence-corrected chi connectivity index (χ1v) is 21.2. The van der Waals surface area contributed by atoms with Crippen molar-refractivity contribution in [3.05, 3.63) is 106 Å². The molecular weight excluding hydrogens is 671 g/mol. The van der Waals surface area contributed by atoms with Crippen molar-refractivity contribution < 1.29 is 0 Å². The summed E-state index contributed by atoms with van der Waals surface area (Å²) in [5.41, 5.74) is 4.24. The Bertz CT molecular complexity index is 1800. The topological polar surface area (TPSA) is 98.4 Å². The van der Waals surface area contributed by atoms with Crippen LogP contribution in [-0.4, -0.2) is 13.1 Å². The van der Waals surface area contributed by atoms with Crippen LogP contribution in [0.2, 0.25) is 0 Å². The van der Waals surface area contributed by atoms with Gasteiger partial charge in [0.15, 0.2) is 0 Å². The summed E-state index contributed by atoms with van der Waals surface area (Å²) in [4.78, 5) is 2.55. The fourth-order valence-electron chi connectivity index (χ4n) is 7.36. The van der Waals surface area contributed by atoms with Crippen LogP contribution in [0.15, 0.2) is 84.4 Å². The standard InChI is InChI=1S/C50H63N5/c1-3-5-7-9-11-13-15-17-19-24-36-55(37-25-20-18-16-14-12-10-8-6-4-2)48-34-32-45(33-35-48)49(44-30-28-42(29-31-44)46(38-51)39-52)50(47(40-53)41-54)43-26-22-21-23-27-43/h21-23,26-35H,3-20,24-25,36-37H2,1-2H3. The van der Waals surface area contributed by atoms with Crippen LogP contribution in [0.1, 0.15) is 153 Å². The largest absolute Gasteiger partial charge is 0.372 e. The first-order valence-electron chi connectivity index (χ1n) is 21.2. The molecule has 5 heteroatoms. The number of anilines is 1. The molecule has 0 atom stereocenters. The van der Waals surface area contributed by atoms with Crippen LogP contribution >= 0.6 is 0 Å². The van der Waals surface area contributed by atoms with Gasteiger partial charge in [-0.25, -0.2) is 0 Å². The van der Waals surface area contributed by atoms with E-state index < -0.39 is 0 Å². The van der Waals surface area contributed by atoms with Crippen molar-refractivity contribution in [1.29, 1.82) is 21.0 Å². The molecule has 0 heterocycles. The number of benzene rings is 3. The quantitative estimate of drug-likeness (QED) is 0.0604. The summed E-state index contributed by atoms with van der Waals surface area (Å²) in [5.74, 6) is 0. The van der Waals surface area contributed by atoms with Gasteiger partial charge in [0.2, 0.25) is 0 Å². The molecular formula is C50H63N5. The SMILES string of the molecule is CCCCCCCCCCCCN(CCCCCCCCCCCC)c1ccc(C(C(=C(C#N)C#N)c2ccccc2)=c2ccc(=C(C#N)C#N)cc2)cc1. The Morgan fingerprint density at radius 1 is 0.436 bits per heavy atom. The minimum atomic E-state index is 0.0270. The normalized spacial score (nSPS) is 10.4. The van der Waals surface area contributed by atoms with Gasteiger partial charge in [-0.1, -0.05) is 196 Å². The maximum atomic E-state index is 10.2. The molecule has 3 rings (SSSR count). The average Bonchev–Trinajstić information content (AvgIpc) is 3.23. The van der Waals surface area contributed by atoms with E-state index in [0.29, 0.717) is 10.8 Å². The predicted molar refractivity (Wildman–Crippen MR) is 230 cm³/mol. The van der Waals surface area contributed by atoms with Crippen molar-refractivity contribution >= 4 is 22.4 Å². The van der Waals surface area contributed by atoms with Gasteiger partial charge < -0.3 is 4.90 Å². The molecule has 55 heavy (non-hydrogen) atoms. The fourth-order valence-corrected chi connectivity index (χ4v) is 7.36. The number of nitrogens with zero attached hydrogens (tertiary/aromatic N) is 5. The third kappa shape index (κ3) is 15.7. The zero-order valence-electron chi connectivity index (χ0n) is 33.8.